The summed E-state index contributed by atoms with van der Waals surface area (Å²) in [4.78, 5) is 0. The third-order valence-electron chi connectivity index (χ3n) is 3.34. The van der Waals surface area contributed by atoms with Crippen molar-refractivity contribution >= 4 is 10.4 Å². The molecular formula is C22H34O4S. The first-order valence-electron chi connectivity index (χ1n) is 9.58. The Morgan fingerprint density at radius 3 is 1.41 bits per heavy atom. The maximum Gasteiger partial charge on any atom is 0.397 e. The van der Waals surface area contributed by atoms with E-state index in [1.165, 1.54) is 0 Å². The second kappa shape index (κ2) is 19.1. The molecule has 0 saturated carbocycles. The van der Waals surface area contributed by atoms with Crippen LogP contribution in [0.2, 0.25) is 0 Å². The maximum absolute atomic E-state index is 10.3. The smallest absolute Gasteiger partial charge is 0.264 e. The van der Waals surface area contributed by atoms with Crippen molar-refractivity contribution in [2.24, 2.45) is 0 Å². The number of hydrogen-bond acceptors (Lipinski definition) is 3. The predicted octanol–water partition coefficient (Wildman–Crippen LogP) is 6.28. The van der Waals surface area contributed by atoms with Gasteiger partial charge in [-0.25, -0.2) is 4.18 Å². The number of unbranched alkanes of at least 4 members (excludes halogenated alkanes) is 1. The van der Waals surface area contributed by atoms with Crippen LogP contribution in [0.5, 0.6) is 0 Å². The summed E-state index contributed by atoms with van der Waals surface area (Å²) in [5, 5.41) is 0. The first-order valence-corrected chi connectivity index (χ1v) is 10.9. The molecule has 0 atom stereocenters. The predicted molar refractivity (Wildman–Crippen MR) is 115 cm³/mol. The second-order valence-corrected chi connectivity index (χ2v) is 6.90. The number of rotatable bonds is 16. The van der Waals surface area contributed by atoms with E-state index in [-0.39, 0.29) is 6.61 Å². The van der Waals surface area contributed by atoms with Crippen LogP contribution in [0, 0.1) is 0 Å². The SMILES string of the molecule is CC/C=C\C/C=C\C/C=C\C/C=C\C/C=C\C/C=C\CCCOS(=O)(=O)O. The molecule has 0 aromatic carbocycles. The summed E-state index contributed by atoms with van der Waals surface area (Å²) in [5.41, 5.74) is 0. The van der Waals surface area contributed by atoms with Crippen LogP contribution in [-0.2, 0) is 14.6 Å². The highest BCUT2D eigenvalue weighted by Gasteiger charge is 2.01. The Kier molecular flexibility index (Phi) is 17.9. The molecule has 0 fully saturated rings. The molecule has 27 heavy (non-hydrogen) atoms. The van der Waals surface area contributed by atoms with Gasteiger partial charge in [0.15, 0.2) is 0 Å². The van der Waals surface area contributed by atoms with Crippen LogP contribution in [-0.4, -0.2) is 19.6 Å². The summed E-state index contributed by atoms with van der Waals surface area (Å²) in [6, 6.07) is 0. The first kappa shape index (κ1) is 25.3. The molecule has 152 valence electrons. The Balaban J connectivity index is 3.53. The van der Waals surface area contributed by atoms with Gasteiger partial charge in [-0.05, 0) is 51.4 Å². The molecule has 0 saturated heterocycles. The lowest BCUT2D eigenvalue weighted by molar-refractivity contribution is 0.265. The van der Waals surface area contributed by atoms with E-state index in [9.17, 15) is 8.42 Å². The van der Waals surface area contributed by atoms with Crippen LogP contribution in [0.25, 0.3) is 0 Å². The topological polar surface area (TPSA) is 63.6 Å². The van der Waals surface area contributed by atoms with Gasteiger partial charge < -0.3 is 0 Å². The van der Waals surface area contributed by atoms with Gasteiger partial charge in [-0.2, -0.15) is 8.42 Å². The second-order valence-electron chi connectivity index (χ2n) is 5.81. The first-order chi connectivity index (χ1) is 13.1. The molecule has 0 aliphatic heterocycles. The van der Waals surface area contributed by atoms with Crippen molar-refractivity contribution in [1.82, 2.24) is 0 Å². The molecule has 0 radical (unpaired) electrons. The minimum absolute atomic E-state index is 0.00481. The Labute approximate surface area is 165 Å². The largest absolute Gasteiger partial charge is 0.397 e. The lowest BCUT2D eigenvalue weighted by Crippen LogP contribution is -2.04. The fourth-order valence-electron chi connectivity index (χ4n) is 2.01. The normalized spacial score (nSPS) is 13.7. The van der Waals surface area contributed by atoms with Crippen molar-refractivity contribution < 1.29 is 17.2 Å². The van der Waals surface area contributed by atoms with Crippen molar-refractivity contribution in [3.05, 3.63) is 72.9 Å². The van der Waals surface area contributed by atoms with E-state index in [0.29, 0.717) is 6.42 Å². The van der Waals surface area contributed by atoms with Gasteiger partial charge in [0, 0.05) is 0 Å². The number of allylic oxidation sites excluding steroid dienone is 12. The van der Waals surface area contributed by atoms with E-state index in [1.54, 1.807) is 0 Å². The Hall–Kier alpha value is -1.69. The average molecular weight is 395 g/mol. The lowest BCUT2D eigenvalue weighted by atomic mass is 10.2. The van der Waals surface area contributed by atoms with Crippen LogP contribution in [0.4, 0.5) is 0 Å². The van der Waals surface area contributed by atoms with Gasteiger partial charge in [0.05, 0.1) is 6.61 Å². The Morgan fingerprint density at radius 1 is 0.667 bits per heavy atom. The molecule has 0 heterocycles. The van der Waals surface area contributed by atoms with Crippen LogP contribution < -0.4 is 0 Å². The molecule has 5 heteroatoms. The van der Waals surface area contributed by atoms with E-state index >= 15 is 0 Å². The van der Waals surface area contributed by atoms with Gasteiger partial charge in [0.2, 0.25) is 0 Å². The van der Waals surface area contributed by atoms with Gasteiger partial charge in [0.25, 0.3) is 0 Å². The molecule has 0 unspecified atom stereocenters. The van der Waals surface area contributed by atoms with Gasteiger partial charge in [-0.15, -0.1) is 0 Å². The standard InChI is InChI=1S/C22H34O4S/c1-2-3-4-5-6-7-8-9-10-11-12-13-14-15-16-17-18-19-20-21-22-26-27(23,24)25/h3-4,6-7,9-10,12-13,15-16,18-19H,2,5,8,11,14,17,20-22H2,1H3,(H,23,24,25)/b4-3-,7-6-,10-9-,13-12-,16-15-,19-18-. The zero-order valence-corrected chi connectivity index (χ0v) is 17.2. The highest BCUT2D eigenvalue weighted by molar-refractivity contribution is 7.80. The summed E-state index contributed by atoms with van der Waals surface area (Å²) in [7, 11) is -4.30. The van der Waals surface area contributed by atoms with E-state index < -0.39 is 10.4 Å². The van der Waals surface area contributed by atoms with Crippen molar-refractivity contribution in [1.29, 1.82) is 0 Å². The quantitative estimate of drug-likeness (QED) is 0.190. The highest BCUT2D eigenvalue weighted by atomic mass is 32.3. The fraction of sp³-hybridized carbons (Fsp3) is 0.455. The Bertz CT molecular complexity index is 608. The molecule has 1 N–H and O–H groups in total. The third-order valence-corrected chi connectivity index (χ3v) is 3.81. The molecule has 0 aliphatic rings. The third kappa shape index (κ3) is 24.3. The van der Waals surface area contributed by atoms with E-state index in [2.05, 4.69) is 71.9 Å². The fourth-order valence-corrected chi connectivity index (χ4v) is 2.33. The van der Waals surface area contributed by atoms with Crippen molar-refractivity contribution in [2.75, 3.05) is 6.61 Å². The molecule has 0 amide bonds. The van der Waals surface area contributed by atoms with Gasteiger partial charge in [-0.1, -0.05) is 79.8 Å². The highest BCUT2D eigenvalue weighted by Crippen LogP contribution is 1.98. The molecular weight excluding hydrogens is 360 g/mol. The molecule has 0 bridgehead atoms. The molecule has 0 rings (SSSR count). The zero-order chi connectivity index (χ0) is 20.1. The molecule has 0 aliphatic carbocycles. The zero-order valence-electron chi connectivity index (χ0n) is 16.4. The van der Waals surface area contributed by atoms with Crippen molar-refractivity contribution in [3.63, 3.8) is 0 Å². The molecule has 4 nitrogen and oxygen atoms in total. The average Bonchev–Trinajstić information content (AvgIpc) is 2.62. The monoisotopic (exact) mass is 394 g/mol. The van der Waals surface area contributed by atoms with Crippen LogP contribution in [0.3, 0.4) is 0 Å². The summed E-state index contributed by atoms with van der Waals surface area (Å²) in [6.45, 7) is 2.15. The lowest BCUT2D eigenvalue weighted by Gasteiger charge is -1.96. The van der Waals surface area contributed by atoms with Crippen LogP contribution >= 0.6 is 0 Å². The van der Waals surface area contributed by atoms with E-state index in [1.807, 2.05) is 12.2 Å². The summed E-state index contributed by atoms with van der Waals surface area (Å²) in [5.74, 6) is 0. The van der Waals surface area contributed by atoms with Crippen molar-refractivity contribution in [2.45, 2.75) is 58.3 Å². The molecule has 0 aromatic heterocycles. The van der Waals surface area contributed by atoms with Gasteiger partial charge in [0.1, 0.15) is 0 Å². The maximum atomic E-state index is 10.3. The summed E-state index contributed by atoms with van der Waals surface area (Å²) in [6.07, 6.45) is 32.8. The van der Waals surface area contributed by atoms with E-state index in [4.69, 9.17) is 4.55 Å². The van der Waals surface area contributed by atoms with Crippen LogP contribution in [0.15, 0.2) is 72.9 Å². The van der Waals surface area contributed by atoms with Crippen molar-refractivity contribution in [3.8, 4) is 0 Å². The Morgan fingerprint density at radius 2 is 1.04 bits per heavy atom. The van der Waals surface area contributed by atoms with Gasteiger partial charge >= 0.3 is 10.4 Å². The van der Waals surface area contributed by atoms with Crippen LogP contribution in [0.1, 0.15) is 58.3 Å². The minimum atomic E-state index is -4.30. The minimum Gasteiger partial charge on any atom is -0.264 e. The molecule has 0 spiro atoms. The van der Waals surface area contributed by atoms with E-state index in [0.717, 1.165) is 44.9 Å². The molecule has 0 aromatic rings. The number of hydrogen-bond donors (Lipinski definition) is 1. The van der Waals surface area contributed by atoms with Gasteiger partial charge in [-0.3, -0.25) is 4.55 Å². The summed E-state index contributed by atoms with van der Waals surface area (Å²) >= 11 is 0. The summed E-state index contributed by atoms with van der Waals surface area (Å²) < 4.78 is 33.3.